The summed E-state index contributed by atoms with van der Waals surface area (Å²) in [7, 11) is 0. The molecule has 3 heteroatoms. The van der Waals surface area contributed by atoms with Gasteiger partial charge in [-0.25, -0.2) is 0 Å². The van der Waals surface area contributed by atoms with E-state index in [-0.39, 0.29) is 19.1 Å². The van der Waals surface area contributed by atoms with E-state index in [0.717, 1.165) is 6.42 Å². The number of aliphatic hydroxyl groups excluding tert-OH is 2. The van der Waals surface area contributed by atoms with Crippen molar-refractivity contribution in [3.63, 3.8) is 0 Å². The van der Waals surface area contributed by atoms with Crippen molar-refractivity contribution < 1.29 is 15.3 Å². The smallest absolute Gasteiger partial charge is 0.0924 e. The highest BCUT2D eigenvalue weighted by Crippen LogP contribution is 2.26. The van der Waals surface area contributed by atoms with Gasteiger partial charge in [0.1, 0.15) is 0 Å². The zero-order chi connectivity index (χ0) is 10.5. The molecule has 0 aromatic rings. The third kappa shape index (κ3) is 3.63. The second-order valence-electron chi connectivity index (χ2n) is 4.12. The summed E-state index contributed by atoms with van der Waals surface area (Å²) in [5, 5.41) is 28.1. The molecule has 0 aliphatic carbocycles. The Morgan fingerprint density at radius 2 is 1.77 bits per heavy atom. The van der Waals surface area contributed by atoms with Crippen LogP contribution in [-0.4, -0.2) is 34.1 Å². The minimum absolute atomic E-state index is 0.0664. The van der Waals surface area contributed by atoms with Gasteiger partial charge >= 0.3 is 0 Å². The van der Waals surface area contributed by atoms with Gasteiger partial charge in [0.2, 0.25) is 0 Å². The van der Waals surface area contributed by atoms with Gasteiger partial charge in [-0.15, -0.1) is 0 Å². The van der Waals surface area contributed by atoms with Crippen molar-refractivity contribution >= 4 is 0 Å². The van der Waals surface area contributed by atoms with Crippen LogP contribution in [0.2, 0.25) is 0 Å². The summed E-state index contributed by atoms with van der Waals surface area (Å²) in [6.45, 7) is 5.55. The van der Waals surface area contributed by atoms with E-state index >= 15 is 0 Å². The van der Waals surface area contributed by atoms with Crippen molar-refractivity contribution in [1.29, 1.82) is 0 Å². The largest absolute Gasteiger partial charge is 0.396 e. The van der Waals surface area contributed by atoms with Crippen molar-refractivity contribution in [1.82, 2.24) is 0 Å². The van der Waals surface area contributed by atoms with Crippen LogP contribution in [0, 0.1) is 11.8 Å². The summed E-state index contributed by atoms with van der Waals surface area (Å²) in [6, 6.07) is 0. The Kier molecular flexibility index (Phi) is 5.53. The highest BCUT2D eigenvalue weighted by molar-refractivity contribution is 4.84. The maximum Gasteiger partial charge on any atom is 0.0924 e. The lowest BCUT2D eigenvalue weighted by molar-refractivity contribution is -0.0852. The molecule has 0 radical (unpaired) electrons. The SMILES string of the molecule is CCC(O)(CO)C(CO)CC(C)C. The lowest BCUT2D eigenvalue weighted by Crippen LogP contribution is -2.43. The van der Waals surface area contributed by atoms with Gasteiger partial charge in [-0.3, -0.25) is 0 Å². The molecule has 2 unspecified atom stereocenters. The molecule has 0 amide bonds. The van der Waals surface area contributed by atoms with Crippen LogP contribution >= 0.6 is 0 Å². The summed E-state index contributed by atoms with van der Waals surface area (Å²) < 4.78 is 0. The van der Waals surface area contributed by atoms with Crippen molar-refractivity contribution in [3.8, 4) is 0 Å². The normalized spacial score (nSPS) is 18.7. The summed E-state index contributed by atoms with van der Waals surface area (Å²) in [5.41, 5.74) is -1.11. The van der Waals surface area contributed by atoms with Gasteiger partial charge in [0.25, 0.3) is 0 Å². The average molecular weight is 190 g/mol. The summed E-state index contributed by atoms with van der Waals surface area (Å²) in [5.74, 6) is 0.198. The molecule has 3 N–H and O–H groups in total. The topological polar surface area (TPSA) is 60.7 Å². The molecule has 0 aliphatic rings. The molecule has 0 aromatic heterocycles. The quantitative estimate of drug-likeness (QED) is 0.580. The molecule has 0 saturated heterocycles. The van der Waals surface area contributed by atoms with Gasteiger partial charge in [0.05, 0.1) is 12.2 Å². The summed E-state index contributed by atoms with van der Waals surface area (Å²) >= 11 is 0. The van der Waals surface area contributed by atoms with Gasteiger partial charge in [-0.1, -0.05) is 20.8 Å². The van der Waals surface area contributed by atoms with E-state index in [2.05, 4.69) is 0 Å². The molecule has 80 valence electrons. The Labute approximate surface area is 80.4 Å². The average Bonchev–Trinajstić information content (AvgIpc) is 2.12. The van der Waals surface area contributed by atoms with Gasteiger partial charge in [-0.2, -0.15) is 0 Å². The molecule has 0 aromatic carbocycles. The Hall–Kier alpha value is -0.120. The number of rotatable bonds is 6. The molecule has 0 aliphatic heterocycles. The van der Waals surface area contributed by atoms with E-state index < -0.39 is 5.60 Å². The standard InChI is InChI=1S/C10H22O3/c1-4-10(13,7-12)9(6-11)5-8(2)3/h8-9,11-13H,4-7H2,1-3H3. The van der Waals surface area contributed by atoms with Crippen molar-refractivity contribution in [2.24, 2.45) is 11.8 Å². The predicted molar refractivity (Wildman–Crippen MR) is 52.4 cm³/mol. The second-order valence-corrected chi connectivity index (χ2v) is 4.12. The van der Waals surface area contributed by atoms with E-state index in [1.54, 1.807) is 0 Å². The molecule has 13 heavy (non-hydrogen) atoms. The highest BCUT2D eigenvalue weighted by atomic mass is 16.3. The van der Waals surface area contributed by atoms with E-state index in [1.807, 2.05) is 20.8 Å². The Morgan fingerprint density at radius 3 is 2.00 bits per heavy atom. The zero-order valence-corrected chi connectivity index (χ0v) is 8.82. The minimum atomic E-state index is -1.11. The fraction of sp³-hybridized carbons (Fsp3) is 1.00. The van der Waals surface area contributed by atoms with E-state index in [4.69, 9.17) is 10.2 Å². The highest BCUT2D eigenvalue weighted by Gasteiger charge is 2.34. The fourth-order valence-corrected chi connectivity index (χ4v) is 1.56. The summed E-state index contributed by atoms with van der Waals surface area (Å²) in [4.78, 5) is 0. The molecular weight excluding hydrogens is 168 g/mol. The van der Waals surface area contributed by atoms with Gasteiger partial charge in [0.15, 0.2) is 0 Å². The van der Waals surface area contributed by atoms with Gasteiger partial charge < -0.3 is 15.3 Å². The minimum Gasteiger partial charge on any atom is -0.396 e. The van der Waals surface area contributed by atoms with Crippen LogP contribution in [0.4, 0.5) is 0 Å². The van der Waals surface area contributed by atoms with Crippen molar-refractivity contribution in [3.05, 3.63) is 0 Å². The monoisotopic (exact) mass is 190 g/mol. The van der Waals surface area contributed by atoms with Crippen LogP contribution in [0.1, 0.15) is 33.6 Å². The maximum absolute atomic E-state index is 9.93. The summed E-state index contributed by atoms with van der Waals surface area (Å²) in [6.07, 6.45) is 1.21. The number of aliphatic hydroxyl groups is 3. The van der Waals surface area contributed by atoms with E-state index in [9.17, 15) is 5.11 Å². The van der Waals surface area contributed by atoms with Gasteiger partial charge in [0, 0.05) is 12.5 Å². The zero-order valence-electron chi connectivity index (χ0n) is 8.82. The molecular formula is C10H22O3. The molecule has 2 atom stereocenters. The molecule has 0 fully saturated rings. The Bertz CT molecular complexity index is 130. The van der Waals surface area contributed by atoms with Crippen molar-refractivity contribution in [2.75, 3.05) is 13.2 Å². The molecule has 3 nitrogen and oxygen atoms in total. The first-order valence-electron chi connectivity index (χ1n) is 4.94. The Balaban J connectivity index is 4.34. The third-order valence-electron chi connectivity index (χ3n) is 2.62. The lowest BCUT2D eigenvalue weighted by Gasteiger charge is -2.33. The first kappa shape index (κ1) is 12.9. The molecule has 0 bridgehead atoms. The van der Waals surface area contributed by atoms with Crippen LogP contribution < -0.4 is 0 Å². The molecule has 0 saturated carbocycles. The fourth-order valence-electron chi connectivity index (χ4n) is 1.56. The van der Waals surface area contributed by atoms with Crippen LogP contribution in [0.3, 0.4) is 0 Å². The van der Waals surface area contributed by atoms with Crippen LogP contribution in [0.25, 0.3) is 0 Å². The molecule has 0 spiro atoms. The molecule has 0 rings (SSSR count). The van der Waals surface area contributed by atoms with Crippen LogP contribution in [0.5, 0.6) is 0 Å². The number of hydrogen-bond donors (Lipinski definition) is 3. The predicted octanol–water partition coefficient (Wildman–Crippen LogP) is 0.774. The van der Waals surface area contributed by atoms with E-state index in [1.165, 1.54) is 0 Å². The van der Waals surface area contributed by atoms with Crippen LogP contribution in [0.15, 0.2) is 0 Å². The van der Waals surface area contributed by atoms with Crippen LogP contribution in [-0.2, 0) is 0 Å². The first-order chi connectivity index (χ1) is 6.00. The molecule has 0 heterocycles. The van der Waals surface area contributed by atoms with Gasteiger partial charge in [-0.05, 0) is 18.8 Å². The maximum atomic E-state index is 9.93. The lowest BCUT2D eigenvalue weighted by atomic mass is 9.81. The third-order valence-corrected chi connectivity index (χ3v) is 2.62. The first-order valence-corrected chi connectivity index (χ1v) is 4.94. The number of hydrogen-bond acceptors (Lipinski definition) is 3. The van der Waals surface area contributed by atoms with E-state index in [0.29, 0.717) is 12.3 Å². The van der Waals surface area contributed by atoms with Crippen molar-refractivity contribution in [2.45, 2.75) is 39.2 Å². The Morgan fingerprint density at radius 1 is 1.23 bits per heavy atom. The second kappa shape index (κ2) is 5.58.